The Labute approximate surface area is 128 Å². The number of carbonyl (C=O) groups is 1. The van der Waals surface area contributed by atoms with E-state index in [0.717, 1.165) is 11.4 Å². The lowest BCUT2D eigenvalue weighted by molar-refractivity contribution is 0.187. The Bertz CT molecular complexity index is 644. The van der Waals surface area contributed by atoms with Gasteiger partial charge in [-0.1, -0.05) is 0 Å². The number of rotatable bonds is 5. The van der Waals surface area contributed by atoms with Crippen LogP contribution in [0.15, 0.2) is 36.5 Å². The summed E-state index contributed by atoms with van der Waals surface area (Å²) in [5.74, 6) is 1.76. The molecule has 0 saturated carbocycles. The van der Waals surface area contributed by atoms with Crippen LogP contribution >= 0.6 is 0 Å². The zero-order valence-corrected chi connectivity index (χ0v) is 12.5. The highest BCUT2D eigenvalue weighted by molar-refractivity contribution is 5.83. The van der Waals surface area contributed by atoms with Crippen molar-refractivity contribution < 1.29 is 19.0 Å². The lowest BCUT2D eigenvalue weighted by atomic mass is 10.2. The van der Waals surface area contributed by atoms with Crippen molar-refractivity contribution in [3.63, 3.8) is 0 Å². The number of nitrogens with one attached hydrogen (secondary N) is 2. The molecule has 2 rings (SSSR count). The third-order valence-corrected chi connectivity index (χ3v) is 2.87. The van der Waals surface area contributed by atoms with Crippen molar-refractivity contribution in [3.05, 3.63) is 36.5 Å². The minimum atomic E-state index is -0.565. The molecule has 0 bridgehead atoms. The number of benzene rings is 1. The first kappa shape index (κ1) is 15.4. The number of aromatic nitrogens is 1. The highest BCUT2D eigenvalue weighted by atomic mass is 16.5. The fourth-order valence-electron chi connectivity index (χ4n) is 1.75. The Morgan fingerprint density at radius 2 is 1.91 bits per heavy atom. The van der Waals surface area contributed by atoms with Gasteiger partial charge in [0.15, 0.2) is 0 Å². The molecule has 1 amide bonds. The van der Waals surface area contributed by atoms with Gasteiger partial charge in [-0.2, -0.15) is 0 Å². The Kier molecular flexibility index (Phi) is 5.02. The Morgan fingerprint density at radius 1 is 1.09 bits per heavy atom. The van der Waals surface area contributed by atoms with Gasteiger partial charge in [-0.3, -0.25) is 5.32 Å². The number of ether oxygens (including phenoxy) is 3. The SMILES string of the molecule is COC(=O)Nc1ccc(Nc2ccc(OC)cc2OC)cn1. The quantitative estimate of drug-likeness (QED) is 0.883. The number of carbonyl (C=O) groups excluding carboxylic acids is 1. The summed E-state index contributed by atoms with van der Waals surface area (Å²) in [5.41, 5.74) is 1.53. The molecule has 0 saturated heterocycles. The topological polar surface area (TPSA) is 81.7 Å². The highest BCUT2D eigenvalue weighted by Crippen LogP contribution is 2.31. The van der Waals surface area contributed by atoms with Gasteiger partial charge in [-0.15, -0.1) is 0 Å². The van der Waals surface area contributed by atoms with Gasteiger partial charge in [0.2, 0.25) is 0 Å². The summed E-state index contributed by atoms with van der Waals surface area (Å²) in [7, 11) is 4.47. The predicted octanol–water partition coefficient (Wildman–Crippen LogP) is 3.02. The summed E-state index contributed by atoms with van der Waals surface area (Å²) in [4.78, 5) is 15.2. The van der Waals surface area contributed by atoms with Crippen LogP contribution in [0.4, 0.5) is 22.0 Å². The molecule has 0 spiro atoms. The lowest BCUT2D eigenvalue weighted by Gasteiger charge is -2.12. The zero-order chi connectivity index (χ0) is 15.9. The van der Waals surface area contributed by atoms with E-state index in [1.165, 1.54) is 7.11 Å². The first-order chi connectivity index (χ1) is 10.7. The van der Waals surface area contributed by atoms with Crippen molar-refractivity contribution in [2.75, 3.05) is 32.0 Å². The van der Waals surface area contributed by atoms with E-state index in [1.54, 1.807) is 38.6 Å². The summed E-state index contributed by atoms with van der Waals surface area (Å²) < 4.78 is 15.0. The molecule has 2 N–H and O–H groups in total. The van der Waals surface area contributed by atoms with Gasteiger partial charge in [0.1, 0.15) is 17.3 Å². The molecule has 0 atom stereocenters. The fourth-order valence-corrected chi connectivity index (χ4v) is 1.75. The van der Waals surface area contributed by atoms with Gasteiger partial charge in [0.05, 0.1) is 38.9 Å². The molecule has 1 aromatic heterocycles. The second-order valence-electron chi connectivity index (χ2n) is 4.24. The van der Waals surface area contributed by atoms with E-state index in [0.29, 0.717) is 17.3 Å². The van der Waals surface area contributed by atoms with Crippen molar-refractivity contribution in [1.82, 2.24) is 4.98 Å². The molecule has 1 aromatic carbocycles. The number of pyridine rings is 1. The second kappa shape index (κ2) is 7.16. The van der Waals surface area contributed by atoms with E-state index in [1.807, 2.05) is 12.1 Å². The van der Waals surface area contributed by atoms with Crippen LogP contribution in [0.25, 0.3) is 0 Å². The number of nitrogens with zero attached hydrogens (tertiary/aromatic N) is 1. The van der Waals surface area contributed by atoms with E-state index in [4.69, 9.17) is 9.47 Å². The van der Waals surface area contributed by atoms with E-state index in [-0.39, 0.29) is 0 Å². The number of amides is 1. The number of hydrogen-bond donors (Lipinski definition) is 2. The van der Waals surface area contributed by atoms with Crippen molar-refractivity contribution in [1.29, 1.82) is 0 Å². The predicted molar refractivity (Wildman–Crippen MR) is 83.1 cm³/mol. The molecule has 0 fully saturated rings. The van der Waals surface area contributed by atoms with Gasteiger partial charge in [-0.05, 0) is 24.3 Å². The Hall–Kier alpha value is -2.96. The fraction of sp³-hybridized carbons (Fsp3) is 0.200. The van der Waals surface area contributed by atoms with Crippen LogP contribution in [0.5, 0.6) is 11.5 Å². The number of methoxy groups -OCH3 is 3. The molecule has 0 aliphatic heterocycles. The minimum absolute atomic E-state index is 0.402. The van der Waals surface area contributed by atoms with Crippen molar-refractivity contribution >= 4 is 23.3 Å². The summed E-state index contributed by atoms with van der Waals surface area (Å²) in [6.45, 7) is 0. The molecule has 0 unspecified atom stereocenters. The van der Waals surface area contributed by atoms with Gasteiger partial charge in [0.25, 0.3) is 0 Å². The van der Waals surface area contributed by atoms with Crippen molar-refractivity contribution in [2.45, 2.75) is 0 Å². The standard InChI is InChI=1S/C15H17N3O4/c1-20-11-5-6-12(13(8-11)21-2)17-10-4-7-14(16-9-10)18-15(19)22-3/h4-9,17H,1-3H3,(H,16,18,19). The van der Waals surface area contributed by atoms with Crippen molar-refractivity contribution in [3.8, 4) is 11.5 Å². The molecular weight excluding hydrogens is 286 g/mol. The maximum atomic E-state index is 11.1. The smallest absolute Gasteiger partial charge is 0.412 e. The second-order valence-corrected chi connectivity index (χ2v) is 4.24. The van der Waals surface area contributed by atoms with Gasteiger partial charge < -0.3 is 19.5 Å². The first-order valence-electron chi connectivity index (χ1n) is 6.46. The normalized spacial score (nSPS) is 9.77. The summed E-state index contributed by atoms with van der Waals surface area (Å²) in [5, 5.41) is 5.66. The third kappa shape index (κ3) is 3.78. The summed E-state index contributed by atoms with van der Waals surface area (Å²) >= 11 is 0. The number of anilines is 3. The highest BCUT2D eigenvalue weighted by Gasteiger charge is 2.06. The molecule has 0 aliphatic rings. The van der Waals surface area contributed by atoms with E-state index >= 15 is 0 Å². The zero-order valence-electron chi connectivity index (χ0n) is 12.5. The first-order valence-corrected chi connectivity index (χ1v) is 6.46. The maximum absolute atomic E-state index is 11.1. The molecular formula is C15H17N3O4. The van der Waals surface area contributed by atoms with E-state index < -0.39 is 6.09 Å². The van der Waals surface area contributed by atoms with Crippen LogP contribution in [0.3, 0.4) is 0 Å². The molecule has 0 radical (unpaired) electrons. The maximum Gasteiger partial charge on any atom is 0.412 e. The molecule has 1 heterocycles. The average Bonchev–Trinajstić information content (AvgIpc) is 2.56. The van der Waals surface area contributed by atoms with Gasteiger partial charge >= 0.3 is 6.09 Å². The molecule has 0 aliphatic carbocycles. The average molecular weight is 303 g/mol. The van der Waals surface area contributed by atoms with Crippen LogP contribution in [0.2, 0.25) is 0 Å². The van der Waals surface area contributed by atoms with Crippen LogP contribution in [-0.2, 0) is 4.74 Å². The third-order valence-electron chi connectivity index (χ3n) is 2.87. The molecule has 2 aromatic rings. The largest absolute Gasteiger partial charge is 0.497 e. The summed E-state index contributed by atoms with van der Waals surface area (Å²) in [6, 6.07) is 8.89. The lowest BCUT2D eigenvalue weighted by Crippen LogP contribution is -2.11. The Morgan fingerprint density at radius 3 is 2.50 bits per heavy atom. The van der Waals surface area contributed by atoms with Crippen LogP contribution < -0.4 is 20.1 Å². The number of hydrogen-bond acceptors (Lipinski definition) is 6. The van der Waals surface area contributed by atoms with Gasteiger partial charge in [0, 0.05) is 6.07 Å². The van der Waals surface area contributed by atoms with Crippen LogP contribution in [0, 0.1) is 0 Å². The molecule has 7 heteroatoms. The van der Waals surface area contributed by atoms with Gasteiger partial charge in [-0.25, -0.2) is 9.78 Å². The molecule has 116 valence electrons. The monoisotopic (exact) mass is 303 g/mol. The van der Waals surface area contributed by atoms with E-state index in [9.17, 15) is 4.79 Å². The Balaban J connectivity index is 2.12. The van der Waals surface area contributed by atoms with Crippen molar-refractivity contribution in [2.24, 2.45) is 0 Å². The van der Waals surface area contributed by atoms with Crippen LogP contribution in [-0.4, -0.2) is 32.4 Å². The minimum Gasteiger partial charge on any atom is -0.497 e. The summed E-state index contributed by atoms with van der Waals surface area (Å²) in [6.07, 6.45) is 1.03. The van der Waals surface area contributed by atoms with E-state index in [2.05, 4.69) is 20.4 Å². The molecule has 22 heavy (non-hydrogen) atoms. The van der Waals surface area contributed by atoms with Crippen LogP contribution in [0.1, 0.15) is 0 Å². The molecule has 7 nitrogen and oxygen atoms in total.